The van der Waals surface area contributed by atoms with Crippen molar-refractivity contribution in [3.8, 4) is 17.2 Å². The predicted molar refractivity (Wildman–Crippen MR) is 132 cm³/mol. The SMILES string of the molecule is CCOc1cc(C(=O)N(CCCCC(=O)O)CCCc2ccccc2)cc(OCC)c1OCC. The average molecular weight is 472 g/mol. The molecular formula is C27H37NO6. The number of benzene rings is 2. The van der Waals surface area contributed by atoms with Crippen molar-refractivity contribution in [1.29, 1.82) is 0 Å². The predicted octanol–water partition coefficient (Wildman–Crippen LogP) is 5.21. The monoisotopic (exact) mass is 471 g/mol. The Morgan fingerprint density at radius 3 is 1.97 bits per heavy atom. The van der Waals surface area contributed by atoms with Gasteiger partial charge in [0, 0.05) is 25.1 Å². The van der Waals surface area contributed by atoms with Gasteiger partial charge in [0.25, 0.3) is 5.91 Å². The molecule has 2 aromatic carbocycles. The van der Waals surface area contributed by atoms with Crippen LogP contribution in [0.5, 0.6) is 17.2 Å². The maximum absolute atomic E-state index is 13.6. The number of aryl methyl sites for hydroxylation is 1. The lowest BCUT2D eigenvalue weighted by atomic mass is 10.1. The zero-order valence-corrected chi connectivity index (χ0v) is 20.5. The maximum atomic E-state index is 13.6. The first-order valence-electron chi connectivity index (χ1n) is 12.1. The highest BCUT2D eigenvalue weighted by Gasteiger charge is 2.22. The minimum Gasteiger partial charge on any atom is -0.490 e. The molecule has 7 nitrogen and oxygen atoms in total. The van der Waals surface area contributed by atoms with Gasteiger partial charge in [-0.2, -0.15) is 0 Å². The summed E-state index contributed by atoms with van der Waals surface area (Å²) in [6, 6.07) is 13.6. The number of carbonyl (C=O) groups excluding carboxylic acids is 1. The lowest BCUT2D eigenvalue weighted by molar-refractivity contribution is -0.137. The van der Waals surface area contributed by atoms with Crippen molar-refractivity contribution in [2.24, 2.45) is 0 Å². The standard InChI is InChI=1S/C27H37NO6/c1-4-32-23-19-22(20-24(33-5-2)26(23)34-6-3)27(31)28(17-11-10-16-25(29)30)18-12-15-21-13-8-7-9-14-21/h7-9,13-14,19-20H,4-6,10-12,15-18H2,1-3H3,(H,29,30). The Bertz CT molecular complexity index is 872. The minimum atomic E-state index is -0.823. The second-order valence-corrected chi connectivity index (χ2v) is 7.83. The molecule has 1 amide bonds. The van der Waals surface area contributed by atoms with Crippen LogP contribution in [0.15, 0.2) is 42.5 Å². The fraction of sp³-hybridized carbons (Fsp3) is 0.481. The van der Waals surface area contributed by atoms with E-state index in [0.717, 1.165) is 12.8 Å². The number of carbonyl (C=O) groups is 2. The Hall–Kier alpha value is -3.22. The fourth-order valence-electron chi connectivity index (χ4n) is 3.71. The Morgan fingerprint density at radius 2 is 1.41 bits per heavy atom. The number of nitrogens with zero attached hydrogens (tertiary/aromatic N) is 1. The molecule has 0 atom stereocenters. The normalized spacial score (nSPS) is 10.6. The third-order valence-corrected chi connectivity index (χ3v) is 5.25. The van der Waals surface area contributed by atoms with E-state index in [9.17, 15) is 9.59 Å². The molecule has 0 radical (unpaired) electrons. The molecule has 0 saturated carbocycles. The summed E-state index contributed by atoms with van der Waals surface area (Å²) < 4.78 is 17.3. The van der Waals surface area contributed by atoms with Gasteiger partial charge in [0.05, 0.1) is 19.8 Å². The third kappa shape index (κ3) is 8.61. The van der Waals surface area contributed by atoms with Gasteiger partial charge in [-0.15, -0.1) is 0 Å². The average Bonchev–Trinajstić information content (AvgIpc) is 2.83. The van der Waals surface area contributed by atoms with Gasteiger partial charge < -0.3 is 24.2 Å². The molecular weight excluding hydrogens is 434 g/mol. The molecule has 0 bridgehead atoms. The van der Waals surface area contributed by atoms with Gasteiger partial charge >= 0.3 is 5.97 Å². The second-order valence-electron chi connectivity index (χ2n) is 7.83. The Morgan fingerprint density at radius 1 is 0.824 bits per heavy atom. The quantitative estimate of drug-likeness (QED) is 0.338. The highest BCUT2D eigenvalue weighted by Crippen LogP contribution is 2.39. The van der Waals surface area contributed by atoms with Gasteiger partial charge in [-0.3, -0.25) is 9.59 Å². The van der Waals surface area contributed by atoms with Gasteiger partial charge in [-0.25, -0.2) is 0 Å². The topological polar surface area (TPSA) is 85.3 Å². The number of carboxylic acids is 1. The maximum Gasteiger partial charge on any atom is 0.303 e. The number of ether oxygens (including phenoxy) is 3. The highest BCUT2D eigenvalue weighted by atomic mass is 16.5. The summed E-state index contributed by atoms with van der Waals surface area (Å²) in [5, 5.41) is 8.94. The molecule has 0 aromatic heterocycles. The van der Waals surface area contributed by atoms with E-state index in [-0.39, 0.29) is 12.3 Å². The zero-order valence-electron chi connectivity index (χ0n) is 20.5. The summed E-state index contributed by atoms with van der Waals surface area (Å²) in [5.41, 5.74) is 1.69. The van der Waals surface area contributed by atoms with E-state index < -0.39 is 5.97 Å². The Kier molecular flexibility index (Phi) is 11.8. The van der Waals surface area contributed by atoms with Crippen LogP contribution in [0.3, 0.4) is 0 Å². The number of rotatable bonds is 16. The van der Waals surface area contributed by atoms with Crippen LogP contribution in [0.25, 0.3) is 0 Å². The molecule has 0 spiro atoms. The van der Waals surface area contributed by atoms with Crippen molar-refractivity contribution in [2.75, 3.05) is 32.9 Å². The first-order chi connectivity index (χ1) is 16.5. The van der Waals surface area contributed by atoms with Crippen LogP contribution in [0, 0.1) is 0 Å². The van der Waals surface area contributed by atoms with Gasteiger partial charge in [-0.1, -0.05) is 30.3 Å². The molecule has 1 N–H and O–H groups in total. The van der Waals surface area contributed by atoms with E-state index in [1.807, 2.05) is 39.0 Å². The first kappa shape index (κ1) is 27.0. The second kappa shape index (κ2) is 14.8. The molecule has 7 heteroatoms. The number of amides is 1. The molecule has 0 aliphatic carbocycles. The molecule has 2 rings (SSSR count). The van der Waals surface area contributed by atoms with Crippen LogP contribution < -0.4 is 14.2 Å². The zero-order chi connectivity index (χ0) is 24.8. The highest BCUT2D eigenvalue weighted by molar-refractivity contribution is 5.95. The largest absolute Gasteiger partial charge is 0.490 e. The van der Waals surface area contributed by atoms with Gasteiger partial charge in [0.15, 0.2) is 11.5 Å². The van der Waals surface area contributed by atoms with Crippen LogP contribution in [0.1, 0.15) is 62.4 Å². The minimum absolute atomic E-state index is 0.0953. The van der Waals surface area contributed by atoms with Crippen molar-refractivity contribution in [3.63, 3.8) is 0 Å². The molecule has 34 heavy (non-hydrogen) atoms. The Labute approximate surface area is 202 Å². The van der Waals surface area contributed by atoms with E-state index in [0.29, 0.717) is 68.6 Å². The van der Waals surface area contributed by atoms with E-state index in [1.165, 1.54) is 5.56 Å². The first-order valence-corrected chi connectivity index (χ1v) is 12.1. The number of aliphatic carboxylic acids is 1. The van der Waals surface area contributed by atoms with Gasteiger partial charge in [0.1, 0.15) is 0 Å². The van der Waals surface area contributed by atoms with Crippen molar-refractivity contribution < 1.29 is 28.9 Å². The van der Waals surface area contributed by atoms with Crippen molar-refractivity contribution in [3.05, 3.63) is 53.6 Å². The lowest BCUT2D eigenvalue weighted by Gasteiger charge is -2.24. The number of hydrogen-bond donors (Lipinski definition) is 1. The summed E-state index contributed by atoms with van der Waals surface area (Å²) in [6.45, 7) is 8.01. The van der Waals surface area contributed by atoms with Crippen LogP contribution in [-0.4, -0.2) is 54.8 Å². The molecule has 0 fully saturated rings. The van der Waals surface area contributed by atoms with E-state index in [4.69, 9.17) is 19.3 Å². The summed E-state index contributed by atoms with van der Waals surface area (Å²) in [7, 11) is 0. The molecule has 186 valence electrons. The number of hydrogen-bond acceptors (Lipinski definition) is 5. The summed E-state index contributed by atoms with van der Waals surface area (Å²) in [5.74, 6) is 0.506. The lowest BCUT2D eigenvalue weighted by Crippen LogP contribution is -2.33. The van der Waals surface area contributed by atoms with E-state index in [1.54, 1.807) is 17.0 Å². The van der Waals surface area contributed by atoms with Gasteiger partial charge in [0.2, 0.25) is 5.75 Å². The van der Waals surface area contributed by atoms with Crippen molar-refractivity contribution in [2.45, 2.75) is 52.9 Å². The van der Waals surface area contributed by atoms with Crippen LogP contribution in [0.4, 0.5) is 0 Å². The molecule has 0 aliphatic heterocycles. The summed E-state index contributed by atoms with van der Waals surface area (Å²) in [6.07, 6.45) is 2.91. The molecule has 0 saturated heterocycles. The van der Waals surface area contributed by atoms with E-state index >= 15 is 0 Å². The summed E-state index contributed by atoms with van der Waals surface area (Å²) >= 11 is 0. The van der Waals surface area contributed by atoms with Crippen LogP contribution in [0.2, 0.25) is 0 Å². The van der Waals surface area contributed by atoms with Gasteiger partial charge in [-0.05, 0) is 64.2 Å². The fourth-order valence-corrected chi connectivity index (χ4v) is 3.71. The van der Waals surface area contributed by atoms with Crippen LogP contribution in [-0.2, 0) is 11.2 Å². The number of carboxylic acid groups (broad SMARTS) is 1. The number of unbranched alkanes of at least 4 members (excludes halogenated alkanes) is 1. The Balaban J connectivity index is 2.24. The van der Waals surface area contributed by atoms with E-state index in [2.05, 4.69) is 12.1 Å². The molecule has 0 aliphatic rings. The summed E-state index contributed by atoms with van der Waals surface area (Å²) in [4.78, 5) is 26.2. The van der Waals surface area contributed by atoms with Crippen molar-refractivity contribution in [1.82, 2.24) is 4.90 Å². The third-order valence-electron chi connectivity index (χ3n) is 5.25. The van der Waals surface area contributed by atoms with Crippen LogP contribution >= 0.6 is 0 Å². The molecule has 0 unspecified atom stereocenters. The van der Waals surface area contributed by atoms with Crippen molar-refractivity contribution >= 4 is 11.9 Å². The molecule has 0 heterocycles. The molecule has 2 aromatic rings. The smallest absolute Gasteiger partial charge is 0.303 e.